The summed E-state index contributed by atoms with van der Waals surface area (Å²) in [4.78, 5) is 12.2. The Morgan fingerprint density at radius 3 is 2.35 bits per heavy atom. The molecule has 0 saturated heterocycles. The SMILES string of the molecule is CC(C)NC(=O)C(CCC1CC1)CC1CCC1. The molecule has 2 rings (SSSR count). The summed E-state index contributed by atoms with van der Waals surface area (Å²) in [5, 5.41) is 3.10. The van der Waals surface area contributed by atoms with E-state index in [0.29, 0.717) is 11.8 Å². The van der Waals surface area contributed by atoms with E-state index in [2.05, 4.69) is 19.2 Å². The molecule has 1 N–H and O–H groups in total. The molecular weight excluding hydrogens is 210 g/mol. The van der Waals surface area contributed by atoms with Gasteiger partial charge in [-0.3, -0.25) is 4.79 Å². The van der Waals surface area contributed by atoms with Gasteiger partial charge in [0, 0.05) is 12.0 Å². The van der Waals surface area contributed by atoms with E-state index in [0.717, 1.165) is 24.7 Å². The summed E-state index contributed by atoms with van der Waals surface area (Å²) in [5.74, 6) is 2.40. The minimum Gasteiger partial charge on any atom is -0.354 e. The van der Waals surface area contributed by atoms with Crippen LogP contribution in [0.15, 0.2) is 0 Å². The van der Waals surface area contributed by atoms with Crippen LogP contribution < -0.4 is 5.32 Å². The van der Waals surface area contributed by atoms with Gasteiger partial charge >= 0.3 is 0 Å². The van der Waals surface area contributed by atoms with Crippen molar-refractivity contribution in [2.24, 2.45) is 17.8 Å². The monoisotopic (exact) mass is 237 g/mol. The molecule has 2 heteroatoms. The van der Waals surface area contributed by atoms with E-state index in [9.17, 15) is 4.79 Å². The van der Waals surface area contributed by atoms with Crippen molar-refractivity contribution in [3.63, 3.8) is 0 Å². The number of carbonyl (C=O) groups is 1. The minimum absolute atomic E-state index is 0.285. The van der Waals surface area contributed by atoms with Gasteiger partial charge in [0.2, 0.25) is 5.91 Å². The minimum atomic E-state index is 0.285. The lowest BCUT2D eigenvalue weighted by Crippen LogP contribution is -2.37. The van der Waals surface area contributed by atoms with Gasteiger partial charge in [0.15, 0.2) is 0 Å². The lowest BCUT2D eigenvalue weighted by molar-refractivity contribution is -0.126. The van der Waals surface area contributed by atoms with Gasteiger partial charge in [0.1, 0.15) is 0 Å². The second-order valence-corrected chi connectivity index (χ2v) is 6.41. The van der Waals surface area contributed by atoms with Gasteiger partial charge in [-0.1, -0.05) is 32.1 Å². The highest BCUT2D eigenvalue weighted by Gasteiger charge is 2.29. The van der Waals surface area contributed by atoms with Gasteiger partial charge in [-0.25, -0.2) is 0 Å². The quantitative estimate of drug-likeness (QED) is 0.721. The molecule has 2 fully saturated rings. The van der Waals surface area contributed by atoms with Crippen LogP contribution >= 0.6 is 0 Å². The summed E-state index contributed by atoms with van der Waals surface area (Å²) < 4.78 is 0. The maximum Gasteiger partial charge on any atom is 0.223 e. The summed E-state index contributed by atoms with van der Waals surface area (Å²) in [5.41, 5.74) is 0. The van der Waals surface area contributed by atoms with Crippen LogP contribution in [0.4, 0.5) is 0 Å². The first kappa shape index (κ1) is 12.9. The Morgan fingerprint density at radius 2 is 1.88 bits per heavy atom. The van der Waals surface area contributed by atoms with Crippen LogP contribution in [0.25, 0.3) is 0 Å². The molecule has 0 aromatic heterocycles. The first-order valence-electron chi connectivity index (χ1n) is 7.45. The predicted molar refractivity (Wildman–Crippen MR) is 70.7 cm³/mol. The maximum atomic E-state index is 12.2. The third kappa shape index (κ3) is 4.33. The highest BCUT2D eigenvalue weighted by molar-refractivity contribution is 5.78. The standard InChI is InChI=1S/C15H27NO/c1-11(2)16-15(17)14(9-8-12-6-7-12)10-13-4-3-5-13/h11-14H,3-10H2,1-2H3,(H,16,17). The van der Waals surface area contributed by atoms with E-state index in [1.54, 1.807) is 0 Å². The van der Waals surface area contributed by atoms with E-state index < -0.39 is 0 Å². The van der Waals surface area contributed by atoms with E-state index in [1.807, 2.05) is 0 Å². The van der Waals surface area contributed by atoms with Gasteiger partial charge < -0.3 is 5.32 Å². The Kier molecular flexibility index (Phi) is 4.47. The molecule has 2 aliphatic carbocycles. The number of nitrogens with one attached hydrogen (secondary N) is 1. The van der Waals surface area contributed by atoms with E-state index in [-0.39, 0.29) is 6.04 Å². The van der Waals surface area contributed by atoms with Crippen molar-refractivity contribution < 1.29 is 4.79 Å². The van der Waals surface area contributed by atoms with Crippen molar-refractivity contribution in [1.29, 1.82) is 0 Å². The van der Waals surface area contributed by atoms with Gasteiger partial charge in [0.05, 0.1) is 0 Å². The molecule has 0 radical (unpaired) electrons. The topological polar surface area (TPSA) is 29.1 Å². The van der Waals surface area contributed by atoms with Crippen molar-refractivity contribution in [3.8, 4) is 0 Å². The first-order valence-corrected chi connectivity index (χ1v) is 7.45. The molecule has 2 nitrogen and oxygen atoms in total. The number of hydrogen-bond acceptors (Lipinski definition) is 1. The Bertz CT molecular complexity index is 254. The molecular formula is C15H27NO. The van der Waals surface area contributed by atoms with Gasteiger partial charge in [0.25, 0.3) is 0 Å². The van der Waals surface area contributed by atoms with Crippen molar-refractivity contribution in [2.75, 3.05) is 0 Å². The smallest absolute Gasteiger partial charge is 0.223 e. The molecule has 2 aliphatic rings. The fourth-order valence-electron chi connectivity index (χ4n) is 2.73. The van der Waals surface area contributed by atoms with Crippen LogP contribution in [0.5, 0.6) is 0 Å². The predicted octanol–water partition coefficient (Wildman–Crippen LogP) is 3.51. The maximum absolute atomic E-state index is 12.2. The zero-order valence-corrected chi connectivity index (χ0v) is 11.4. The number of amides is 1. The second kappa shape index (κ2) is 5.88. The average molecular weight is 237 g/mol. The molecule has 0 spiro atoms. The Hall–Kier alpha value is -0.530. The number of rotatable bonds is 7. The lowest BCUT2D eigenvalue weighted by Gasteiger charge is -2.29. The van der Waals surface area contributed by atoms with Crippen LogP contribution in [-0.2, 0) is 4.79 Å². The first-order chi connectivity index (χ1) is 8.15. The molecule has 0 heterocycles. The summed E-state index contributed by atoms with van der Waals surface area (Å²) >= 11 is 0. The van der Waals surface area contributed by atoms with Gasteiger partial charge in [-0.2, -0.15) is 0 Å². The molecule has 0 aliphatic heterocycles. The molecule has 0 aromatic rings. The molecule has 0 bridgehead atoms. The number of carbonyl (C=O) groups excluding carboxylic acids is 1. The van der Waals surface area contributed by atoms with Crippen molar-refractivity contribution in [3.05, 3.63) is 0 Å². The largest absolute Gasteiger partial charge is 0.354 e. The fraction of sp³-hybridized carbons (Fsp3) is 0.933. The van der Waals surface area contributed by atoms with E-state index in [1.165, 1.54) is 38.5 Å². The zero-order chi connectivity index (χ0) is 12.3. The Morgan fingerprint density at radius 1 is 1.18 bits per heavy atom. The Balaban J connectivity index is 1.77. The molecule has 1 amide bonds. The van der Waals surface area contributed by atoms with Crippen LogP contribution in [0.2, 0.25) is 0 Å². The molecule has 1 atom stereocenters. The average Bonchev–Trinajstić information content (AvgIpc) is 2.97. The summed E-state index contributed by atoms with van der Waals surface area (Å²) in [6.07, 6.45) is 10.5. The van der Waals surface area contributed by atoms with Gasteiger partial charge in [-0.15, -0.1) is 0 Å². The molecule has 2 saturated carbocycles. The Labute approximate surface area is 106 Å². The summed E-state index contributed by atoms with van der Waals surface area (Å²) in [6, 6.07) is 0.285. The molecule has 17 heavy (non-hydrogen) atoms. The van der Waals surface area contributed by atoms with Crippen molar-refractivity contribution in [2.45, 2.75) is 71.3 Å². The van der Waals surface area contributed by atoms with E-state index in [4.69, 9.17) is 0 Å². The number of hydrogen-bond donors (Lipinski definition) is 1. The lowest BCUT2D eigenvalue weighted by atomic mass is 9.77. The van der Waals surface area contributed by atoms with Crippen LogP contribution in [0.1, 0.15) is 65.2 Å². The third-order valence-electron chi connectivity index (χ3n) is 4.26. The second-order valence-electron chi connectivity index (χ2n) is 6.41. The van der Waals surface area contributed by atoms with Gasteiger partial charge in [-0.05, 0) is 44.9 Å². The highest BCUT2D eigenvalue weighted by Crippen LogP contribution is 2.38. The highest BCUT2D eigenvalue weighted by atomic mass is 16.1. The van der Waals surface area contributed by atoms with E-state index >= 15 is 0 Å². The molecule has 98 valence electrons. The van der Waals surface area contributed by atoms with Crippen molar-refractivity contribution >= 4 is 5.91 Å². The molecule has 0 aromatic carbocycles. The fourth-order valence-corrected chi connectivity index (χ4v) is 2.73. The van der Waals surface area contributed by atoms with Crippen LogP contribution in [0.3, 0.4) is 0 Å². The summed E-state index contributed by atoms with van der Waals surface area (Å²) in [6.45, 7) is 4.11. The summed E-state index contributed by atoms with van der Waals surface area (Å²) in [7, 11) is 0. The van der Waals surface area contributed by atoms with Crippen LogP contribution in [0, 0.1) is 17.8 Å². The van der Waals surface area contributed by atoms with Crippen molar-refractivity contribution in [1.82, 2.24) is 5.32 Å². The third-order valence-corrected chi connectivity index (χ3v) is 4.26. The zero-order valence-electron chi connectivity index (χ0n) is 11.4. The molecule has 1 unspecified atom stereocenters. The van der Waals surface area contributed by atoms with Crippen LogP contribution in [-0.4, -0.2) is 11.9 Å². The normalized spacial score (nSPS) is 22.3.